The summed E-state index contributed by atoms with van der Waals surface area (Å²) in [6, 6.07) is 3.62. The number of alkyl halides is 4. The lowest BCUT2D eigenvalue weighted by molar-refractivity contribution is -0.123. The van der Waals surface area contributed by atoms with Crippen LogP contribution < -0.4 is 0 Å². The van der Waals surface area contributed by atoms with Gasteiger partial charge in [0.25, 0.3) is 0 Å². The van der Waals surface area contributed by atoms with Gasteiger partial charge in [0.05, 0.1) is 10.6 Å². The van der Waals surface area contributed by atoms with E-state index in [4.69, 9.17) is 0 Å². The van der Waals surface area contributed by atoms with Gasteiger partial charge in [-0.3, -0.25) is 0 Å². The summed E-state index contributed by atoms with van der Waals surface area (Å²) >= 11 is 2.27. The Labute approximate surface area is 104 Å². The van der Waals surface area contributed by atoms with Gasteiger partial charge in [0.1, 0.15) is 10.6 Å². The summed E-state index contributed by atoms with van der Waals surface area (Å²) in [6.07, 6.45) is -4.65. The number of benzene rings is 1. The summed E-state index contributed by atoms with van der Waals surface area (Å²) in [5.74, 6) is -1.78. The molecule has 0 aliphatic rings. The molecule has 17 heavy (non-hydrogen) atoms. The number of halogens is 5. The highest BCUT2D eigenvalue weighted by molar-refractivity contribution is 9.09. The Morgan fingerprint density at radius 2 is 1.65 bits per heavy atom. The highest BCUT2D eigenvalue weighted by Gasteiger charge is 2.40. The SMILES string of the molecule is O=S(=O)(CC(Br)C(F)(F)F)c1ccc(F)cc1. The summed E-state index contributed by atoms with van der Waals surface area (Å²) in [5.41, 5.74) is 0. The van der Waals surface area contributed by atoms with Gasteiger partial charge >= 0.3 is 6.18 Å². The molecule has 0 saturated carbocycles. The maximum atomic E-state index is 12.5. The fourth-order valence-electron chi connectivity index (χ4n) is 1.03. The van der Waals surface area contributed by atoms with E-state index in [2.05, 4.69) is 15.9 Å². The van der Waals surface area contributed by atoms with Crippen molar-refractivity contribution in [3.8, 4) is 0 Å². The first-order valence-corrected chi connectivity index (χ1v) is 6.89. The van der Waals surface area contributed by atoms with E-state index in [0.717, 1.165) is 24.3 Å². The molecule has 1 rings (SSSR count). The molecule has 0 spiro atoms. The number of hydrogen-bond donors (Lipinski definition) is 0. The molecule has 96 valence electrons. The van der Waals surface area contributed by atoms with Crippen molar-refractivity contribution in [3.63, 3.8) is 0 Å². The summed E-state index contributed by atoms with van der Waals surface area (Å²) in [4.78, 5) is -2.49. The number of hydrogen-bond acceptors (Lipinski definition) is 2. The zero-order valence-electron chi connectivity index (χ0n) is 8.21. The van der Waals surface area contributed by atoms with Crippen LogP contribution in [0.4, 0.5) is 17.6 Å². The number of sulfone groups is 1. The standard InChI is InChI=1S/C9H7BrF4O2S/c10-8(9(12,13)14)5-17(15,16)7-3-1-6(11)2-4-7/h1-4,8H,5H2. The molecule has 0 bridgehead atoms. The minimum absolute atomic E-state index is 0.340. The molecule has 1 aromatic rings. The van der Waals surface area contributed by atoms with Crippen molar-refractivity contribution >= 4 is 25.8 Å². The molecule has 0 saturated heterocycles. The van der Waals surface area contributed by atoms with Gasteiger partial charge in [-0.1, -0.05) is 15.9 Å². The van der Waals surface area contributed by atoms with Crippen LogP contribution in [0.25, 0.3) is 0 Å². The molecule has 0 fully saturated rings. The first-order chi connectivity index (χ1) is 7.63. The average molecular weight is 335 g/mol. The molecule has 0 N–H and O–H groups in total. The van der Waals surface area contributed by atoms with Gasteiger partial charge < -0.3 is 0 Å². The Bertz CT molecular complexity index is 481. The minimum Gasteiger partial charge on any atom is -0.224 e. The molecule has 0 aliphatic heterocycles. The van der Waals surface area contributed by atoms with Gasteiger partial charge in [0.2, 0.25) is 0 Å². The predicted molar refractivity (Wildman–Crippen MR) is 57.2 cm³/mol. The third-order valence-corrected chi connectivity index (χ3v) is 4.93. The van der Waals surface area contributed by atoms with E-state index < -0.39 is 32.4 Å². The Morgan fingerprint density at radius 1 is 1.18 bits per heavy atom. The maximum Gasteiger partial charge on any atom is 0.402 e. The molecule has 1 atom stereocenters. The maximum absolute atomic E-state index is 12.5. The summed E-state index contributed by atoms with van der Waals surface area (Å²) in [5, 5.41) is 0. The van der Waals surface area contributed by atoms with Gasteiger partial charge in [0.15, 0.2) is 9.84 Å². The molecule has 0 radical (unpaired) electrons. The van der Waals surface area contributed by atoms with Crippen LogP contribution in [0.3, 0.4) is 0 Å². The van der Waals surface area contributed by atoms with Gasteiger partial charge in [-0.2, -0.15) is 13.2 Å². The zero-order chi connectivity index (χ0) is 13.3. The molecular formula is C9H7BrF4O2S. The Balaban J connectivity index is 2.94. The highest BCUT2D eigenvalue weighted by atomic mass is 79.9. The lowest BCUT2D eigenvalue weighted by Crippen LogP contribution is -2.30. The third kappa shape index (κ3) is 3.95. The zero-order valence-corrected chi connectivity index (χ0v) is 10.6. The topological polar surface area (TPSA) is 34.1 Å². The summed E-state index contributed by atoms with van der Waals surface area (Å²) < 4.78 is 72.2. The van der Waals surface area contributed by atoms with E-state index >= 15 is 0 Å². The molecular weight excluding hydrogens is 328 g/mol. The van der Waals surface area contributed by atoms with Crippen LogP contribution >= 0.6 is 15.9 Å². The predicted octanol–water partition coefficient (Wildman–Crippen LogP) is 2.93. The Kier molecular flexibility index (Phi) is 4.19. The van der Waals surface area contributed by atoms with E-state index in [-0.39, 0.29) is 4.90 Å². The van der Waals surface area contributed by atoms with Crippen LogP contribution in [-0.2, 0) is 9.84 Å². The van der Waals surface area contributed by atoms with E-state index in [9.17, 15) is 26.0 Å². The average Bonchev–Trinajstić information content (AvgIpc) is 2.16. The van der Waals surface area contributed by atoms with Crippen molar-refractivity contribution in [1.29, 1.82) is 0 Å². The van der Waals surface area contributed by atoms with Crippen molar-refractivity contribution in [2.45, 2.75) is 15.9 Å². The van der Waals surface area contributed by atoms with Crippen molar-refractivity contribution in [3.05, 3.63) is 30.1 Å². The van der Waals surface area contributed by atoms with Crippen molar-refractivity contribution in [2.75, 3.05) is 5.75 Å². The van der Waals surface area contributed by atoms with E-state index in [1.807, 2.05) is 0 Å². The van der Waals surface area contributed by atoms with Crippen LogP contribution in [0.15, 0.2) is 29.2 Å². The normalized spacial score (nSPS) is 14.6. The molecule has 1 aromatic carbocycles. The second-order valence-electron chi connectivity index (χ2n) is 3.24. The van der Waals surface area contributed by atoms with Crippen LogP contribution in [-0.4, -0.2) is 25.2 Å². The first kappa shape index (κ1) is 14.4. The second-order valence-corrected chi connectivity index (χ2v) is 6.38. The summed E-state index contributed by atoms with van der Waals surface area (Å²) in [7, 11) is -4.09. The second kappa shape index (κ2) is 4.93. The molecule has 1 unspecified atom stereocenters. The fraction of sp³-hybridized carbons (Fsp3) is 0.333. The molecule has 0 aromatic heterocycles. The number of rotatable bonds is 3. The third-order valence-electron chi connectivity index (χ3n) is 1.89. The fourth-order valence-corrected chi connectivity index (χ4v) is 3.39. The van der Waals surface area contributed by atoms with Crippen molar-refractivity contribution in [2.24, 2.45) is 0 Å². The highest BCUT2D eigenvalue weighted by Crippen LogP contribution is 2.29. The van der Waals surface area contributed by atoms with Gasteiger partial charge in [-0.05, 0) is 24.3 Å². The monoisotopic (exact) mass is 334 g/mol. The van der Waals surface area contributed by atoms with Gasteiger partial charge in [-0.15, -0.1) is 0 Å². The van der Waals surface area contributed by atoms with Gasteiger partial charge in [-0.25, -0.2) is 12.8 Å². The lowest BCUT2D eigenvalue weighted by Gasteiger charge is -2.13. The largest absolute Gasteiger partial charge is 0.402 e. The molecule has 8 heteroatoms. The quantitative estimate of drug-likeness (QED) is 0.484. The van der Waals surface area contributed by atoms with E-state index in [1.165, 1.54) is 0 Å². The lowest BCUT2D eigenvalue weighted by atomic mass is 10.4. The first-order valence-electron chi connectivity index (χ1n) is 4.32. The van der Waals surface area contributed by atoms with Crippen LogP contribution in [0.1, 0.15) is 0 Å². The van der Waals surface area contributed by atoms with Crippen LogP contribution in [0.5, 0.6) is 0 Å². The Hall–Kier alpha value is -0.630. The van der Waals surface area contributed by atoms with Crippen molar-refractivity contribution < 1.29 is 26.0 Å². The van der Waals surface area contributed by atoms with E-state index in [1.54, 1.807) is 0 Å². The smallest absolute Gasteiger partial charge is 0.224 e. The summed E-state index contributed by atoms with van der Waals surface area (Å²) in [6.45, 7) is 0. The van der Waals surface area contributed by atoms with Crippen LogP contribution in [0, 0.1) is 5.82 Å². The Morgan fingerprint density at radius 3 is 2.06 bits per heavy atom. The molecule has 0 amide bonds. The minimum atomic E-state index is -4.65. The molecule has 2 nitrogen and oxygen atoms in total. The van der Waals surface area contributed by atoms with Crippen molar-refractivity contribution in [1.82, 2.24) is 0 Å². The van der Waals surface area contributed by atoms with Gasteiger partial charge in [0, 0.05) is 0 Å². The van der Waals surface area contributed by atoms with Crippen LogP contribution in [0.2, 0.25) is 0 Å². The van der Waals surface area contributed by atoms with E-state index in [0.29, 0.717) is 0 Å². The molecule has 0 aliphatic carbocycles. The molecule has 0 heterocycles.